The van der Waals surface area contributed by atoms with Gasteiger partial charge in [-0.1, -0.05) is 23.2 Å². The Labute approximate surface area is 149 Å². The van der Waals surface area contributed by atoms with Crippen LogP contribution in [0.25, 0.3) is 0 Å². The standard InChI is InChI=1S/C15H17Cl2NO6/c1-2-22-15(21)18-13(19)9-24-14(20)4-3-7-23-12-6-5-10(16)8-11(12)17/h5-6,8H,2-4,7,9H2,1H3,(H,18,19,21). The molecule has 0 spiro atoms. The third-order valence-corrected chi connectivity index (χ3v) is 3.09. The van der Waals surface area contributed by atoms with Crippen LogP contribution < -0.4 is 10.1 Å². The minimum atomic E-state index is -0.883. The number of imide groups is 1. The molecule has 0 aliphatic carbocycles. The van der Waals surface area contributed by atoms with E-state index in [-0.39, 0.29) is 19.6 Å². The molecule has 24 heavy (non-hydrogen) atoms. The summed E-state index contributed by atoms with van der Waals surface area (Å²) >= 11 is 11.7. The number of halogens is 2. The quantitative estimate of drug-likeness (QED) is 0.553. The van der Waals surface area contributed by atoms with Crippen molar-refractivity contribution in [2.24, 2.45) is 0 Å². The van der Waals surface area contributed by atoms with E-state index in [4.69, 9.17) is 32.7 Å². The largest absolute Gasteiger partial charge is 0.492 e. The van der Waals surface area contributed by atoms with Gasteiger partial charge in [0, 0.05) is 11.4 Å². The molecular weight excluding hydrogens is 361 g/mol. The number of esters is 1. The minimum absolute atomic E-state index is 0.0535. The van der Waals surface area contributed by atoms with E-state index in [1.165, 1.54) is 0 Å². The van der Waals surface area contributed by atoms with E-state index < -0.39 is 24.6 Å². The van der Waals surface area contributed by atoms with Crippen LogP contribution in [0.5, 0.6) is 5.75 Å². The predicted octanol–water partition coefficient (Wildman–Crippen LogP) is 2.97. The van der Waals surface area contributed by atoms with E-state index in [9.17, 15) is 14.4 Å². The van der Waals surface area contributed by atoms with Crippen molar-refractivity contribution >= 4 is 41.2 Å². The first-order valence-corrected chi connectivity index (χ1v) is 7.88. The third kappa shape index (κ3) is 8.03. The van der Waals surface area contributed by atoms with E-state index >= 15 is 0 Å². The Morgan fingerprint density at radius 3 is 2.58 bits per heavy atom. The fourth-order valence-electron chi connectivity index (χ4n) is 1.53. The van der Waals surface area contributed by atoms with Crippen molar-refractivity contribution in [3.05, 3.63) is 28.2 Å². The SMILES string of the molecule is CCOC(=O)NC(=O)COC(=O)CCCOc1ccc(Cl)cc1Cl. The van der Waals surface area contributed by atoms with Crippen LogP contribution in [-0.2, 0) is 19.1 Å². The van der Waals surface area contributed by atoms with Crippen LogP contribution in [0, 0.1) is 0 Å². The van der Waals surface area contributed by atoms with Crippen molar-refractivity contribution in [2.45, 2.75) is 19.8 Å². The molecule has 132 valence electrons. The van der Waals surface area contributed by atoms with Gasteiger partial charge in [-0.2, -0.15) is 0 Å². The second-order valence-corrected chi connectivity index (χ2v) is 5.30. The predicted molar refractivity (Wildman–Crippen MR) is 87.3 cm³/mol. The van der Waals surface area contributed by atoms with Crippen LogP contribution in [0.1, 0.15) is 19.8 Å². The second kappa shape index (κ2) is 10.7. The fraction of sp³-hybridized carbons (Fsp3) is 0.400. The van der Waals surface area contributed by atoms with Gasteiger partial charge in [-0.15, -0.1) is 0 Å². The van der Waals surface area contributed by atoms with Gasteiger partial charge in [0.2, 0.25) is 0 Å². The van der Waals surface area contributed by atoms with Gasteiger partial charge in [-0.25, -0.2) is 4.79 Å². The lowest BCUT2D eigenvalue weighted by Crippen LogP contribution is -2.34. The van der Waals surface area contributed by atoms with E-state index in [1.807, 2.05) is 5.32 Å². The summed E-state index contributed by atoms with van der Waals surface area (Å²) < 4.78 is 14.6. The maximum Gasteiger partial charge on any atom is 0.413 e. The summed E-state index contributed by atoms with van der Waals surface area (Å²) in [6.45, 7) is 1.42. The molecule has 0 bridgehead atoms. The smallest absolute Gasteiger partial charge is 0.413 e. The van der Waals surface area contributed by atoms with E-state index in [0.29, 0.717) is 22.2 Å². The normalized spacial score (nSPS) is 9.96. The number of carbonyl (C=O) groups is 3. The number of alkyl carbamates (subject to hydrolysis) is 1. The molecule has 0 saturated heterocycles. The minimum Gasteiger partial charge on any atom is -0.492 e. The molecule has 0 aliphatic rings. The first-order valence-electron chi connectivity index (χ1n) is 7.12. The molecule has 0 heterocycles. The molecule has 2 amide bonds. The maximum absolute atomic E-state index is 11.5. The number of ether oxygens (including phenoxy) is 3. The van der Waals surface area contributed by atoms with Gasteiger partial charge in [0.1, 0.15) is 5.75 Å². The summed E-state index contributed by atoms with van der Waals surface area (Å²) in [5.41, 5.74) is 0. The number of hydrogen-bond acceptors (Lipinski definition) is 6. The Balaban J connectivity index is 2.18. The van der Waals surface area contributed by atoms with Crippen LogP contribution in [0.15, 0.2) is 18.2 Å². The molecule has 0 saturated carbocycles. The molecule has 1 aromatic carbocycles. The number of nitrogens with one attached hydrogen (secondary N) is 1. The van der Waals surface area contributed by atoms with Crippen molar-refractivity contribution in [3.63, 3.8) is 0 Å². The number of hydrogen-bond donors (Lipinski definition) is 1. The Kier molecular flexibility index (Phi) is 8.96. The molecule has 0 radical (unpaired) electrons. The van der Waals surface area contributed by atoms with Crippen LogP contribution in [0.3, 0.4) is 0 Å². The third-order valence-electron chi connectivity index (χ3n) is 2.56. The topological polar surface area (TPSA) is 90.9 Å². The summed E-state index contributed by atoms with van der Waals surface area (Å²) in [6, 6.07) is 4.82. The Morgan fingerprint density at radius 2 is 1.92 bits per heavy atom. The zero-order valence-electron chi connectivity index (χ0n) is 13.0. The Hall–Kier alpha value is -1.99. The van der Waals surface area contributed by atoms with E-state index in [2.05, 4.69) is 4.74 Å². The molecule has 1 aromatic rings. The lowest BCUT2D eigenvalue weighted by molar-refractivity contribution is -0.148. The average molecular weight is 378 g/mol. The first kappa shape index (κ1) is 20.1. The van der Waals surface area contributed by atoms with Gasteiger partial charge in [0.15, 0.2) is 6.61 Å². The van der Waals surface area contributed by atoms with Gasteiger partial charge in [0.25, 0.3) is 5.91 Å². The van der Waals surface area contributed by atoms with E-state index in [0.717, 1.165) is 0 Å². The summed E-state index contributed by atoms with van der Waals surface area (Å²) in [5, 5.41) is 2.78. The van der Waals surface area contributed by atoms with Crippen molar-refractivity contribution in [1.82, 2.24) is 5.32 Å². The van der Waals surface area contributed by atoms with Crippen LogP contribution in [0.4, 0.5) is 4.79 Å². The van der Waals surface area contributed by atoms with Crippen molar-refractivity contribution in [3.8, 4) is 5.75 Å². The molecule has 1 rings (SSSR count). The number of carbonyl (C=O) groups excluding carboxylic acids is 3. The maximum atomic E-state index is 11.5. The van der Waals surface area contributed by atoms with Crippen LogP contribution in [0.2, 0.25) is 10.0 Å². The highest BCUT2D eigenvalue weighted by Gasteiger charge is 2.11. The van der Waals surface area contributed by atoms with Gasteiger partial charge in [-0.3, -0.25) is 14.9 Å². The van der Waals surface area contributed by atoms with Gasteiger partial charge >= 0.3 is 12.1 Å². The molecule has 1 N–H and O–H groups in total. The van der Waals surface area contributed by atoms with Crippen LogP contribution in [-0.4, -0.2) is 37.8 Å². The molecule has 7 nitrogen and oxygen atoms in total. The zero-order chi connectivity index (χ0) is 17.9. The zero-order valence-corrected chi connectivity index (χ0v) is 14.5. The van der Waals surface area contributed by atoms with Crippen molar-refractivity contribution in [2.75, 3.05) is 19.8 Å². The molecule has 0 fully saturated rings. The molecule has 9 heteroatoms. The highest BCUT2D eigenvalue weighted by Crippen LogP contribution is 2.27. The molecule has 0 unspecified atom stereocenters. The summed E-state index contributed by atoms with van der Waals surface area (Å²) in [6.07, 6.45) is -0.457. The lowest BCUT2D eigenvalue weighted by Gasteiger charge is -2.08. The summed E-state index contributed by atoms with van der Waals surface area (Å²) in [5.74, 6) is -0.881. The molecule has 0 atom stereocenters. The average Bonchev–Trinajstić information content (AvgIpc) is 2.51. The van der Waals surface area contributed by atoms with E-state index in [1.54, 1.807) is 25.1 Å². The van der Waals surface area contributed by atoms with Gasteiger partial charge < -0.3 is 14.2 Å². The number of amides is 2. The Morgan fingerprint density at radius 1 is 1.17 bits per heavy atom. The monoisotopic (exact) mass is 377 g/mol. The highest BCUT2D eigenvalue weighted by atomic mass is 35.5. The molecule has 0 aromatic heterocycles. The second-order valence-electron chi connectivity index (χ2n) is 4.46. The Bertz CT molecular complexity index is 593. The van der Waals surface area contributed by atoms with Gasteiger partial charge in [0.05, 0.1) is 18.2 Å². The highest BCUT2D eigenvalue weighted by molar-refractivity contribution is 6.35. The van der Waals surface area contributed by atoms with Crippen LogP contribution >= 0.6 is 23.2 Å². The van der Waals surface area contributed by atoms with Crippen molar-refractivity contribution < 1.29 is 28.6 Å². The molecular formula is C15H17Cl2NO6. The first-order chi connectivity index (χ1) is 11.4. The summed E-state index contributed by atoms with van der Waals surface area (Å²) in [7, 11) is 0. The van der Waals surface area contributed by atoms with Crippen molar-refractivity contribution in [1.29, 1.82) is 0 Å². The van der Waals surface area contributed by atoms with Gasteiger partial charge in [-0.05, 0) is 31.5 Å². The number of benzene rings is 1. The fourth-order valence-corrected chi connectivity index (χ4v) is 1.99. The number of rotatable bonds is 8. The molecule has 0 aliphatic heterocycles. The lowest BCUT2D eigenvalue weighted by atomic mass is 10.3. The summed E-state index contributed by atoms with van der Waals surface area (Å²) in [4.78, 5) is 33.7.